The number of amides is 2. The molecule has 5 nitrogen and oxygen atoms in total. The SMILES string of the molecule is CC(NC(=O)NC(C(=O)O)C(C)(C)C)c1ccccc1. The van der Waals surface area contributed by atoms with E-state index < -0.39 is 23.5 Å². The number of carboxylic acids is 1. The zero-order chi connectivity index (χ0) is 15.3. The molecular formula is C15H22N2O3. The summed E-state index contributed by atoms with van der Waals surface area (Å²) in [7, 11) is 0. The standard InChI is InChI=1S/C15H22N2O3/c1-10(11-8-6-5-7-9-11)16-14(20)17-12(13(18)19)15(2,3)4/h5-10,12H,1-4H3,(H,18,19)(H2,16,17,20). The molecule has 0 heterocycles. The van der Waals surface area contributed by atoms with Gasteiger partial charge in [-0.2, -0.15) is 0 Å². The van der Waals surface area contributed by atoms with E-state index in [9.17, 15) is 9.59 Å². The number of carbonyl (C=O) groups is 2. The number of carbonyl (C=O) groups excluding carboxylic acids is 1. The topological polar surface area (TPSA) is 78.4 Å². The Morgan fingerprint density at radius 3 is 2.10 bits per heavy atom. The van der Waals surface area contributed by atoms with Crippen LogP contribution in [0.2, 0.25) is 0 Å². The molecule has 1 aromatic rings. The predicted octanol–water partition coefficient (Wildman–Crippen LogP) is 2.55. The lowest BCUT2D eigenvalue weighted by atomic mass is 9.87. The summed E-state index contributed by atoms with van der Waals surface area (Å²) < 4.78 is 0. The number of carboxylic acid groups (broad SMARTS) is 1. The molecule has 0 saturated carbocycles. The third kappa shape index (κ3) is 4.57. The van der Waals surface area contributed by atoms with Crippen LogP contribution in [0.15, 0.2) is 30.3 Å². The molecule has 0 aliphatic rings. The third-order valence-corrected chi connectivity index (χ3v) is 3.04. The highest BCUT2D eigenvalue weighted by Gasteiger charge is 2.32. The Labute approximate surface area is 119 Å². The molecule has 5 heteroatoms. The van der Waals surface area contributed by atoms with E-state index in [2.05, 4.69) is 10.6 Å². The van der Waals surface area contributed by atoms with Gasteiger partial charge in [-0.3, -0.25) is 0 Å². The second kappa shape index (κ2) is 6.41. The van der Waals surface area contributed by atoms with E-state index in [1.54, 1.807) is 20.8 Å². The normalized spacial score (nSPS) is 14.2. The minimum Gasteiger partial charge on any atom is -0.480 e. The van der Waals surface area contributed by atoms with Crippen molar-refractivity contribution in [2.45, 2.75) is 39.8 Å². The molecule has 0 aliphatic heterocycles. The Bertz CT molecular complexity index is 466. The monoisotopic (exact) mass is 278 g/mol. The van der Waals surface area contributed by atoms with Crippen LogP contribution in [-0.2, 0) is 4.79 Å². The summed E-state index contributed by atoms with van der Waals surface area (Å²) in [5, 5.41) is 14.4. The lowest BCUT2D eigenvalue weighted by Crippen LogP contribution is -2.52. The summed E-state index contributed by atoms with van der Waals surface area (Å²) in [5.74, 6) is -1.04. The fourth-order valence-corrected chi connectivity index (χ4v) is 1.84. The lowest BCUT2D eigenvalue weighted by molar-refractivity contribution is -0.141. The van der Waals surface area contributed by atoms with Crippen LogP contribution in [0.25, 0.3) is 0 Å². The van der Waals surface area contributed by atoms with Gasteiger partial charge in [-0.1, -0.05) is 51.1 Å². The van der Waals surface area contributed by atoms with Gasteiger partial charge in [0.1, 0.15) is 6.04 Å². The van der Waals surface area contributed by atoms with Crippen LogP contribution in [0.1, 0.15) is 39.3 Å². The van der Waals surface area contributed by atoms with Gasteiger partial charge in [0.2, 0.25) is 0 Å². The molecule has 2 amide bonds. The highest BCUT2D eigenvalue weighted by Crippen LogP contribution is 2.19. The van der Waals surface area contributed by atoms with Crippen molar-refractivity contribution in [3.63, 3.8) is 0 Å². The van der Waals surface area contributed by atoms with Gasteiger partial charge in [0.05, 0.1) is 6.04 Å². The van der Waals surface area contributed by atoms with E-state index in [0.29, 0.717) is 0 Å². The van der Waals surface area contributed by atoms with E-state index >= 15 is 0 Å². The maximum absolute atomic E-state index is 11.9. The maximum Gasteiger partial charge on any atom is 0.326 e. The first-order valence-corrected chi connectivity index (χ1v) is 6.56. The van der Waals surface area contributed by atoms with Crippen molar-refractivity contribution in [1.82, 2.24) is 10.6 Å². The summed E-state index contributed by atoms with van der Waals surface area (Å²) in [4.78, 5) is 23.1. The summed E-state index contributed by atoms with van der Waals surface area (Å²) in [5.41, 5.74) is 0.407. The molecule has 0 radical (unpaired) electrons. The quantitative estimate of drug-likeness (QED) is 0.792. The Balaban J connectivity index is 2.65. The van der Waals surface area contributed by atoms with Crippen molar-refractivity contribution in [2.75, 3.05) is 0 Å². The van der Waals surface area contributed by atoms with Gasteiger partial charge < -0.3 is 15.7 Å². The minimum absolute atomic E-state index is 0.189. The van der Waals surface area contributed by atoms with E-state index in [1.807, 2.05) is 37.3 Å². The van der Waals surface area contributed by atoms with E-state index in [0.717, 1.165) is 5.56 Å². The van der Waals surface area contributed by atoms with Crippen LogP contribution in [-0.4, -0.2) is 23.1 Å². The van der Waals surface area contributed by atoms with Crippen LogP contribution in [0.5, 0.6) is 0 Å². The van der Waals surface area contributed by atoms with Gasteiger partial charge in [0, 0.05) is 0 Å². The van der Waals surface area contributed by atoms with Crippen LogP contribution in [0.3, 0.4) is 0 Å². The second-order valence-electron chi connectivity index (χ2n) is 5.89. The first-order valence-electron chi connectivity index (χ1n) is 6.56. The van der Waals surface area contributed by atoms with Gasteiger partial charge >= 0.3 is 12.0 Å². The van der Waals surface area contributed by atoms with Gasteiger partial charge in [-0.05, 0) is 17.9 Å². The van der Waals surface area contributed by atoms with Gasteiger partial charge in [-0.25, -0.2) is 9.59 Å². The van der Waals surface area contributed by atoms with Crippen LogP contribution in [0, 0.1) is 5.41 Å². The molecule has 2 atom stereocenters. The molecule has 0 saturated heterocycles. The summed E-state index contributed by atoms with van der Waals surface area (Å²) in [6.45, 7) is 7.16. The van der Waals surface area contributed by atoms with Gasteiger partial charge in [-0.15, -0.1) is 0 Å². The van der Waals surface area contributed by atoms with E-state index in [-0.39, 0.29) is 6.04 Å². The number of aliphatic carboxylic acids is 1. The van der Waals surface area contributed by atoms with E-state index in [1.165, 1.54) is 0 Å². The highest BCUT2D eigenvalue weighted by atomic mass is 16.4. The molecule has 0 bridgehead atoms. The van der Waals surface area contributed by atoms with Crippen molar-refractivity contribution in [3.05, 3.63) is 35.9 Å². The van der Waals surface area contributed by atoms with Crippen molar-refractivity contribution in [2.24, 2.45) is 5.41 Å². The van der Waals surface area contributed by atoms with Crippen molar-refractivity contribution in [3.8, 4) is 0 Å². The number of urea groups is 1. The fourth-order valence-electron chi connectivity index (χ4n) is 1.84. The number of hydrogen-bond donors (Lipinski definition) is 3. The zero-order valence-corrected chi connectivity index (χ0v) is 12.3. The highest BCUT2D eigenvalue weighted by molar-refractivity contribution is 5.83. The van der Waals surface area contributed by atoms with Crippen molar-refractivity contribution < 1.29 is 14.7 Å². The Morgan fingerprint density at radius 1 is 1.10 bits per heavy atom. The molecule has 0 aromatic heterocycles. The first kappa shape index (κ1) is 16.0. The number of hydrogen-bond acceptors (Lipinski definition) is 2. The molecule has 1 rings (SSSR count). The summed E-state index contributed by atoms with van der Waals surface area (Å²) in [6.07, 6.45) is 0. The number of rotatable bonds is 4. The molecule has 3 N–H and O–H groups in total. The third-order valence-electron chi connectivity index (χ3n) is 3.04. The molecule has 110 valence electrons. The maximum atomic E-state index is 11.9. The largest absolute Gasteiger partial charge is 0.480 e. The van der Waals surface area contributed by atoms with Crippen LogP contribution < -0.4 is 10.6 Å². The predicted molar refractivity (Wildman–Crippen MR) is 77.4 cm³/mol. The fraction of sp³-hybridized carbons (Fsp3) is 0.467. The summed E-state index contributed by atoms with van der Waals surface area (Å²) in [6, 6.07) is 7.88. The molecule has 0 fully saturated rings. The Hall–Kier alpha value is -2.04. The Morgan fingerprint density at radius 2 is 1.65 bits per heavy atom. The van der Waals surface area contributed by atoms with E-state index in [4.69, 9.17) is 5.11 Å². The molecule has 1 aromatic carbocycles. The average molecular weight is 278 g/mol. The summed E-state index contributed by atoms with van der Waals surface area (Å²) >= 11 is 0. The minimum atomic E-state index is -1.04. The van der Waals surface area contributed by atoms with Gasteiger partial charge in [0.15, 0.2) is 0 Å². The first-order chi connectivity index (χ1) is 9.21. The lowest BCUT2D eigenvalue weighted by Gasteiger charge is -2.28. The van der Waals surface area contributed by atoms with Crippen LogP contribution >= 0.6 is 0 Å². The number of benzene rings is 1. The molecular weight excluding hydrogens is 256 g/mol. The smallest absolute Gasteiger partial charge is 0.326 e. The molecule has 2 unspecified atom stereocenters. The van der Waals surface area contributed by atoms with Crippen molar-refractivity contribution >= 4 is 12.0 Å². The number of nitrogens with one attached hydrogen (secondary N) is 2. The molecule has 20 heavy (non-hydrogen) atoms. The van der Waals surface area contributed by atoms with Gasteiger partial charge in [0.25, 0.3) is 0 Å². The molecule has 0 aliphatic carbocycles. The molecule has 0 spiro atoms. The second-order valence-corrected chi connectivity index (χ2v) is 5.89. The average Bonchev–Trinajstić information content (AvgIpc) is 2.35. The van der Waals surface area contributed by atoms with Crippen LogP contribution in [0.4, 0.5) is 4.79 Å². The van der Waals surface area contributed by atoms with Crippen molar-refractivity contribution in [1.29, 1.82) is 0 Å². The Kier molecular flexibility index (Phi) is 5.13. The zero-order valence-electron chi connectivity index (χ0n) is 12.3.